The van der Waals surface area contributed by atoms with Gasteiger partial charge < -0.3 is 0 Å². The summed E-state index contributed by atoms with van der Waals surface area (Å²) in [4.78, 5) is 8.55. The minimum Gasteiger partial charge on any atom is -0.299 e. The van der Waals surface area contributed by atoms with Gasteiger partial charge in [0.15, 0.2) is 0 Å². The molecule has 2 heterocycles. The van der Waals surface area contributed by atoms with Crippen molar-refractivity contribution in [2.24, 2.45) is 0 Å². The Labute approximate surface area is 133 Å². The number of aromatic nitrogens is 3. The van der Waals surface area contributed by atoms with Gasteiger partial charge in [-0.15, -0.1) is 0 Å². The second-order valence-corrected chi connectivity index (χ2v) is 5.21. The number of hydrogen-bond acceptors (Lipinski definition) is 3. The lowest BCUT2D eigenvalue weighted by molar-refractivity contribution is 1.09. The molecule has 0 N–H and O–H groups in total. The lowest BCUT2D eigenvalue weighted by Gasteiger charge is -2.05. The van der Waals surface area contributed by atoms with E-state index in [9.17, 15) is 0 Å². The zero-order chi connectivity index (χ0) is 15.6. The normalized spacial score (nSPS) is 10.6. The van der Waals surface area contributed by atoms with Crippen molar-refractivity contribution in [3.63, 3.8) is 0 Å². The molecule has 108 valence electrons. The number of nitriles is 1. The Hall–Kier alpha value is -3.45. The molecule has 0 unspecified atom stereocenters. The van der Waals surface area contributed by atoms with Gasteiger partial charge in [-0.3, -0.25) is 9.55 Å². The van der Waals surface area contributed by atoms with Crippen molar-refractivity contribution in [1.82, 2.24) is 14.5 Å². The summed E-state index contributed by atoms with van der Waals surface area (Å²) in [6, 6.07) is 19.8. The first-order valence-corrected chi connectivity index (χ1v) is 7.23. The summed E-state index contributed by atoms with van der Waals surface area (Å²) in [5.74, 6) is 0. The van der Waals surface area contributed by atoms with E-state index in [1.807, 2.05) is 47.3 Å². The minimum absolute atomic E-state index is 0.651. The highest BCUT2D eigenvalue weighted by molar-refractivity contribution is 5.83. The van der Waals surface area contributed by atoms with Crippen LogP contribution in [0.2, 0.25) is 0 Å². The van der Waals surface area contributed by atoms with Crippen LogP contribution < -0.4 is 0 Å². The number of fused-ring (bicyclic) bond motifs is 1. The van der Waals surface area contributed by atoms with Gasteiger partial charge in [0.05, 0.1) is 22.7 Å². The van der Waals surface area contributed by atoms with Crippen LogP contribution >= 0.6 is 0 Å². The highest BCUT2D eigenvalue weighted by atomic mass is 15.0. The summed E-state index contributed by atoms with van der Waals surface area (Å²) in [7, 11) is 0. The van der Waals surface area contributed by atoms with E-state index < -0.39 is 0 Å². The Kier molecular flexibility index (Phi) is 3.10. The van der Waals surface area contributed by atoms with Crippen LogP contribution in [0, 0.1) is 11.3 Å². The summed E-state index contributed by atoms with van der Waals surface area (Å²) in [6.45, 7) is 0. The van der Waals surface area contributed by atoms with Crippen LogP contribution in [0.15, 0.2) is 73.3 Å². The Morgan fingerprint density at radius 3 is 2.39 bits per heavy atom. The second-order valence-electron chi connectivity index (χ2n) is 5.21. The Morgan fingerprint density at radius 2 is 1.65 bits per heavy atom. The number of pyridine rings is 1. The fraction of sp³-hybridized carbons (Fsp3) is 0. The van der Waals surface area contributed by atoms with E-state index >= 15 is 0 Å². The van der Waals surface area contributed by atoms with E-state index in [0.29, 0.717) is 5.56 Å². The molecule has 0 atom stereocenters. The first kappa shape index (κ1) is 13.2. The van der Waals surface area contributed by atoms with Gasteiger partial charge in [-0.25, -0.2) is 4.98 Å². The number of nitrogens with zero attached hydrogens (tertiary/aromatic N) is 4. The molecule has 0 aliphatic heterocycles. The maximum Gasteiger partial charge on any atom is 0.100 e. The Balaban J connectivity index is 1.80. The molecule has 4 nitrogen and oxygen atoms in total. The molecule has 4 rings (SSSR count). The molecule has 0 aliphatic rings. The van der Waals surface area contributed by atoms with Crippen LogP contribution in [0.5, 0.6) is 0 Å². The van der Waals surface area contributed by atoms with E-state index in [4.69, 9.17) is 5.26 Å². The SMILES string of the molecule is N#Cc1ccc(-n2cnc3cc(-c4ccncc4)ccc32)cc1. The summed E-state index contributed by atoms with van der Waals surface area (Å²) >= 11 is 0. The van der Waals surface area contributed by atoms with Crippen molar-refractivity contribution < 1.29 is 0 Å². The molecule has 23 heavy (non-hydrogen) atoms. The van der Waals surface area contributed by atoms with Crippen LogP contribution in [0.25, 0.3) is 27.8 Å². The van der Waals surface area contributed by atoms with Crippen molar-refractivity contribution in [2.45, 2.75) is 0 Å². The Bertz CT molecular complexity index is 1010. The molecule has 0 saturated heterocycles. The first-order chi connectivity index (χ1) is 11.3. The quantitative estimate of drug-likeness (QED) is 0.562. The van der Waals surface area contributed by atoms with Crippen molar-refractivity contribution >= 4 is 11.0 Å². The third kappa shape index (κ3) is 2.34. The smallest absolute Gasteiger partial charge is 0.100 e. The van der Waals surface area contributed by atoms with E-state index in [0.717, 1.165) is 27.8 Å². The fourth-order valence-corrected chi connectivity index (χ4v) is 2.64. The average molecular weight is 296 g/mol. The maximum absolute atomic E-state index is 8.90. The van der Waals surface area contributed by atoms with Crippen molar-refractivity contribution in [1.29, 1.82) is 5.26 Å². The monoisotopic (exact) mass is 296 g/mol. The highest BCUT2D eigenvalue weighted by Crippen LogP contribution is 2.25. The number of rotatable bonds is 2. The van der Waals surface area contributed by atoms with Crippen LogP contribution in [0.4, 0.5) is 0 Å². The van der Waals surface area contributed by atoms with E-state index in [2.05, 4.69) is 34.2 Å². The largest absolute Gasteiger partial charge is 0.299 e. The van der Waals surface area contributed by atoms with Crippen LogP contribution in [0.1, 0.15) is 5.56 Å². The van der Waals surface area contributed by atoms with Gasteiger partial charge in [0.2, 0.25) is 0 Å². The third-order valence-corrected chi connectivity index (χ3v) is 3.84. The van der Waals surface area contributed by atoms with Crippen molar-refractivity contribution in [2.75, 3.05) is 0 Å². The predicted molar refractivity (Wildman–Crippen MR) is 89.0 cm³/mol. The lowest BCUT2D eigenvalue weighted by atomic mass is 10.1. The van der Waals surface area contributed by atoms with Gasteiger partial charge in [0.25, 0.3) is 0 Å². The molecule has 0 radical (unpaired) electrons. The Morgan fingerprint density at radius 1 is 0.870 bits per heavy atom. The number of imidazole rings is 1. The number of hydrogen-bond donors (Lipinski definition) is 0. The molecule has 4 aromatic rings. The highest BCUT2D eigenvalue weighted by Gasteiger charge is 2.06. The topological polar surface area (TPSA) is 54.5 Å². The van der Waals surface area contributed by atoms with Gasteiger partial charge in [-0.05, 0) is 59.7 Å². The molecule has 0 spiro atoms. The molecular weight excluding hydrogens is 284 g/mol. The van der Waals surface area contributed by atoms with E-state index in [1.165, 1.54) is 0 Å². The molecule has 0 fully saturated rings. The molecule has 0 amide bonds. The summed E-state index contributed by atoms with van der Waals surface area (Å²) in [5, 5.41) is 8.90. The lowest BCUT2D eigenvalue weighted by Crippen LogP contribution is -1.91. The molecular formula is C19H12N4. The maximum atomic E-state index is 8.90. The van der Waals surface area contributed by atoms with E-state index in [1.54, 1.807) is 12.4 Å². The predicted octanol–water partition coefficient (Wildman–Crippen LogP) is 3.96. The van der Waals surface area contributed by atoms with Crippen molar-refractivity contribution in [3.05, 3.63) is 78.9 Å². The first-order valence-electron chi connectivity index (χ1n) is 7.23. The van der Waals surface area contributed by atoms with Crippen LogP contribution in [-0.4, -0.2) is 14.5 Å². The average Bonchev–Trinajstić information content (AvgIpc) is 3.05. The zero-order valence-electron chi connectivity index (χ0n) is 12.2. The molecule has 0 bridgehead atoms. The molecule has 0 saturated carbocycles. The number of benzene rings is 2. The van der Waals surface area contributed by atoms with Gasteiger partial charge in [-0.1, -0.05) is 6.07 Å². The second kappa shape index (κ2) is 5.39. The van der Waals surface area contributed by atoms with Gasteiger partial charge in [0, 0.05) is 18.1 Å². The summed E-state index contributed by atoms with van der Waals surface area (Å²) in [6.07, 6.45) is 5.38. The molecule has 2 aromatic heterocycles. The molecule has 4 heteroatoms. The van der Waals surface area contributed by atoms with Gasteiger partial charge in [0.1, 0.15) is 6.33 Å². The zero-order valence-corrected chi connectivity index (χ0v) is 12.2. The third-order valence-electron chi connectivity index (χ3n) is 3.84. The molecule has 0 aliphatic carbocycles. The fourth-order valence-electron chi connectivity index (χ4n) is 2.64. The van der Waals surface area contributed by atoms with Crippen LogP contribution in [0.3, 0.4) is 0 Å². The minimum atomic E-state index is 0.651. The summed E-state index contributed by atoms with van der Waals surface area (Å²) < 4.78 is 2.02. The van der Waals surface area contributed by atoms with Crippen LogP contribution in [-0.2, 0) is 0 Å². The standard InChI is InChI=1S/C19H12N4/c20-12-14-1-4-17(5-2-14)23-13-22-18-11-16(3-6-19(18)23)15-7-9-21-10-8-15/h1-11,13H. The van der Waals surface area contributed by atoms with E-state index in [-0.39, 0.29) is 0 Å². The van der Waals surface area contributed by atoms with Gasteiger partial charge in [-0.2, -0.15) is 5.26 Å². The molecule has 2 aromatic carbocycles. The van der Waals surface area contributed by atoms with Gasteiger partial charge >= 0.3 is 0 Å². The van der Waals surface area contributed by atoms with Crippen molar-refractivity contribution in [3.8, 4) is 22.9 Å². The summed E-state index contributed by atoms with van der Waals surface area (Å²) in [5.41, 5.74) is 5.84.